The van der Waals surface area contributed by atoms with Gasteiger partial charge in [0.25, 0.3) is 0 Å². The maximum atomic E-state index is 11.9. The Kier molecular flexibility index (Phi) is 12.2. The van der Waals surface area contributed by atoms with Crippen LogP contribution in [0.4, 0.5) is 0 Å². The van der Waals surface area contributed by atoms with Gasteiger partial charge in [0.15, 0.2) is 0 Å². The fourth-order valence-electron chi connectivity index (χ4n) is 2.97. The van der Waals surface area contributed by atoms with Gasteiger partial charge < -0.3 is 9.84 Å². The Morgan fingerprint density at radius 1 is 0.808 bits per heavy atom. The van der Waals surface area contributed by atoms with Crippen molar-refractivity contribution < 1.29 is 19.4 Å². The number of hydrogen-bond donors (Lipinski definition) is 1. The number of rotatable bonds is 15. The number of carboxylic acid groups (broad SMARTS) is 1. The van der Waals surface area contributed by atoms with E-state index in [2.05, 4.69) is 6.92 Å². The maximum Gasteiger partial charge on any atom is 0.338 e. The predicted molar refractivity (Wildman–Crippen MR) is 105 cm³/mol. The molecule has 1 aromatic carbocycles. The molecule has 0 bridgehead atoms. The zero-order valence-corrected chi connectivity index (χ0v) is 16.2. The van der Waals surface area contributed by atoms with Crippen LogP contribution in [0.25, 0.3) is 0 Å². The highest BCUT2D eigenvalue weighted by Gasteiger charge is 2.10. The Morgan fingerprint density at radius 2 is 1.31 bits per heavy atom. The fourth-order valence-corrected chi connectivity index (χ4v) is 2.97. The van der Waals surface area contributed by atoms with Gasteiger partial charge in [-0.1, -0.05) is 83.6 Å². The molecule has 0 radical (unpaired) electrons. The Bertz CT molecular complexity index is 525. The van der Waals surface area contributed by atoms with E-state index >= 15 is 0 Å². The molecule has 0 unspecified atom stereocenters. The monoisotopic (exact) mass is 362 g/mol. The first-order chi connectivity index (χ1) is 12.6. The average molecular weight is 363 g/mol. The Morgan fingerprint density at radius 3 is 1.85 bits per heavy atom. The molecule has 0 aromatic heterocycles. The third kappa shape index (κ3) is 10.2. The molecule has 146 valence electrons. The maximum absolute atomic E-state index is 11.9. The molecule has 1 rings (SSSR count). The van der Waals surface area contributed by atoms with Crippen LogP contribution < -0.4 is 0 Å². The normalized spacial score (nSPS) is 10.7. The van der Waals surface area contributed by atoms with Gasteiger partial charge in [0.05, 0.1) is 17.7 Å². The van der Waals surface area contributed by atoms with E-state index in [1.807, 2.05) is 0 Å². The van der Waals surface area contributed by atoms with Crippen molar-refractivity contribution in [3.05, 3.63) is 35.4 Å². The van der Waals surface area contributed by atoms with Crippen LogP contribution in [0.5, 0.6) is 0 Å². The van der Waals surface area contributed by atoms with Crippen molar-refractivity contribution in [1.29, 1.82) is 0 Å². The zero-order chi connectivity index (χ0) is 19.0. The van der Waals surface area contributed by atoms with Gasteiger partial charge in [0.2, 0.25) is 0 Å². The second-order valence-corrected chi connectivity index (χ2v) is 6.91. The number of ether oxygens (including phenoxy) is 1. The van der Waals surface area contributed by atoms with Gasteiger partial charge in [-0.05, 0) is 24.6 Å². The van der Waals surface area contributed by atoms with Crippen LogP contribution in [0.1, 0.15) is 105 Å². The summed E-state index contributed by atoms with van der Waals surface area (Å²) in [5.41, 5.74) is 0.397. The average Bonchev–Trinajstić information content (AvgIpc) is 2.65. The van der Waals surface area contributed by atoms with Crippen LogP contribution >= 0.6 is 0 Å². The van der Waals surface area contributed by atoms with Crippen molar-refractivity contribution in [2.45, 2.75) is 84.0 Å². The van der Waals surface area contributed by atoms with E-state index in [1.54, 1.807) is 12.1 Å². The molecule has 0 aliphatic rings. The van der Waals surface area contributed by atoms with Crippen molar-refractivity contribution >= 4 is 11.9 Å². The molecule has 0 atom stereocenters. The van der Waals surface area contributed by atoms with E-state index in [4.69, 9.17) is 9.84 Å². The first kappa shape index (κ1) is 22.2. The van der Waals surface area contributed by atoms with Gasteiger partial charge in [-0.25, -0.2) is 9.59 Å². The number of hydrogen-bond acceptors (Lipinski definition) is 3. The zero-order valence-electron chi connectivity index (χ0n) is 16.2. The number of carbonyl (C=O) groups is 2. The SMILES string of the molecule is CCCCCCCCCCCCCCOC(=O)c1cccc(C(=O)O)c1. The van der Waals surface area contributed by atoms with E-state index in [0.717, 1.165) is 12.8 Å². The molecule has 0 aliphatic heterocycles. The van der Waals surface area contributed by atoms with Crippen molar-refractivity contribution in [2.75, 3.05) is 6.61 Å². The summed E-state index contributed by atoms with van der Waals surface area (Å²) in [7, 11) is 0. The van der Waals surface area contributed by atoms with Gasteiger partial charge >= 0.3 is 11.9 Å². The first-order valence-corrected chi connectivity index (χ1v) is 10.2. The number of carbonyl (C=O) groups excluding carboxylic acids is 1. The first-order valence-electron chi connectivity index (χ1n) is 10.2. The summed E-state index contributed by atoms with van der Waals surface area (Å²) in [6, 6.07) is 5.96. The molecule has 0 fully saturated rings. The van der Waals surface area contributed by atoms with E-state index in [-0.39, 0.29) is 5.56 Å². The summed E-state index contributed by atoms with van der Waals surface area (Å²) in [5, 5.41) is 8.94. The molecule has 0 saturated carbocycles. The Labute approximate surface area is 158 Å². The van der Waals surface area contributed by atoms with Gasteiger partial charge in [0.1, 0.15) is 0 Å². The second kappa shape index (κ2) is 14.3. The molecule has 0 heterocycles. The third-order valence-electron chi connectivity index (χ3n) is 4.58. The largest absolute Gasteiger partial charge is 0.478 e. The summed E-state index contributed by atoms with van der Waals surface area (Å²) in [4.78, 5) is 22.8. The Hall–Kier alpha value is -1.84. The number of carboxylic acids is 1. The van der Waals surface area contributed by atoms with E-state index in [0.29, 0.717) is 12.2 Å². The van der Waals surface area contributed by atoms with Crippen LogP contribution in [0, 0.1) is 0 Å². The van der Waals surface area contributed by atoms with E-state index in [9.17, 15) is 9.59 Å². The number of unbranched alkanes of at least 4 members (excludes halogenated alkanes) is 11. The minimum absolute atomic E-state index is 0.102. The van der Waals surface area contributed by atoms with Crippen molar-refractivity contribution in [2.24, 2.45) is 0 Å². The molecule has 4 nitrogen and oxygen atoms in total. The summed E-state index contributed by atoms with van der Waals surface area (Å²) in [6.45, 7) is 2.64. The molecule has 0 amide bonds. The number of aromatic carboxylic acids is 1. The van der Waals surface area contributed by atoms with Gasteiger partial charge in [0, 0.05) is 0 Å². The highest BCUT2D eigenvalue weighted by atomic mass is 16.5. The minimum Gasteiger partial charge on any atom is -0.478 e. The van der Waals surface area contributed by atoms with Gasteiger partial charge in [-0.3, -0.25) is 0 Å². The lowest BCUT2D eigenvalue weighted by Gasteiger charge is -2.06. The van der Waals surface area contributed by atoms with Crippen LogP contribution in [-0.2, 0) is 4.74 Å². The molecular formula is C22H34O4. The molecule has 26 heavy (non-hydrogen) atoms. The molecule has 0 aliphatic carbocycles. The van der Waals surface area contributed by atoms with Crippen molar-refractivity contribution in [3.8, 4) is 0 Å². The van der Waals surface area contributed by atoms with Crippen LogP contribution in [0.2, 0.25) is 0 Å². The van der Waals surface area contributed by atoms with E-state index < -0.39 is 11.9 Å². The van der Waals surface area contributed by atoms with E-state index in [1.165, 1.54) is 76.3 Å². The Balaban J connectivity index is 1.98. The van der Waals surface area contributed by atoms with Crippen molar-refractivity contribution in [3.63, 3.8) is 0 Å². The molecule has 4 heteroatoms. The topological polar surface area (TPSA) is 63.6 Å². The summed E-state index contributed by atoms with van der Waals surface area (Å²) in [5.74, 6) is -1.49. The number of benzene rings is 1. The highest BCUT2D eigenvalue weighted by Crippen LogP contribution is 2.12. The van der Waals surface area contributed by atoms with Crippen LogP contribution in [0.15, 0.2) is 24.3 Å². The standard InChI is InChI=1S/C22H34O4/c1-2-3-4-5-6-7-8-9-10-11-12-13-17-26-22(25)20-16-14-15-19(18-20)21(23)24/h14-16,18H,2-13,17H2,1H3,(H,23,24). The second-order valence-electron chi connectivity index (χ2n) is 6.91. The fraction of sp³-hybridized carbons (Fsp3) is 0.636. The van der Waals surface area contributed by atoms with Crippen LogP contribution in [-0.4, -0.2) is 23.7 Å². The highest BCUT2D eigenvalue weighted by molar-refractivity contribution is 5.94. The minimum atomic E-state index is -1.04. The molecule has 1 aromatic rings. The lowest BCUT2D eigenvalue weighted by molar-refractivity contribution is 0.0497. The summed E-state index contributed by atoms with van der Waals surface area (Å²) < 4.78 is 5.22. The third-order valence-corrected chi connectivity index (χ3v) is 4.58. The van der Waals surface area contributed by atoms with Gasteiger partial charge in [-0.2, -0.15) is 0 Å². The molecular weight excluding hydrogens is 328 g/mol. The van der Waals surface area contributed by atoms with Gasteiger partial charge in [-0.15, -0.1) is 0 Å². The summed E-state index contributed by atoms with van der Waals surface area (Å²) >= 11 is 0. The van der Waals surface area contributed by atoms with Crippen molar-refractivity contribution in [1.82, 2.24) is 0 Å². The quantitative estimate of drug-likeness (QED) is 0.296. The lowest BCUT2D eigenvalue weighted by atomic mass is 10.1. The molecule has 0 saturated heterocycles. The molecule has 0 spiro atoms. The van der Waals surface area contributed by atoms with Crippen LogP contribution in [0.3, 0.4) is 0 Å². The lowest BCUT2D eigenvalue weighted by Crippen LogP contribution is -2.08. The smallest absolute Gasteiger partial charge is 0.338 e. The predicted octanol–water partition coefficient (Wildman–Crippen LogP) is 6.24. The summed E-state index contributed by atoms with van der Waals surface area (Å²) in [6.07, 6.45) is 15.2. The molecule has 1 N–H and O–H groups in total. The number of esters is 1.